The van der Waals surface area contributed by atoms with Crippen molar-refractivity contribution in [2.75, 3.05) is 0 Å². The number of carbonyl (C=O) groups is 1. The first kappa shape index (κ1) is 21.1. The van der Waals surface area contributed by atoms with Gasteiger partial charge in [-0.1, -0.05) is 77.9 Å². The molecule has 24 heavy (non-hydrogen) atoms. The lowest BCUT2D eigenvalue weighted by Crippen LogP contribution is -2.23. The molecule has 2 atom stereocenters. The third kappa shape index (κ3) is 4.21. The van der Waals surface area contributed by atoms with E-state index in [-0.39, 0.29) is 37.9 Å². The van der Waals surface area contributed by atoms with Crippen LogP contribution in [0.2, 0.25) is 15.1 Å². The Kier molecular flexibility index (Phi) is 6.57. The zero-order chi connectivity index (χ0) is 18.4. The maximum absolute atomic E-state index is 12.5. The van der Waals surface area contributed by atoms with Crippen LogP contribution in [-0.4, -0.2) is 5.97 Å². The summed E-state index contributed by atoms with van der Waals surface area (Å²) in [6.45, 7) is 3.92. The van der Waals surface area contributed by atoms with Crippen LogP contribution in [0.15, 0.2) is 21.6 Å². The van der Waals surface area contributed by atoms with Gasteiger partial charge in [0.15, 0.2) is 0 Å². The SMILES string of the molecule is CC1(C)C(C=C(Br)Br)C1C(=O)OC(Cl)(Cl)c1ccc(Cl)c(Cl)c1Cl. The summed E-state index contributed by atoms with van der Waals surface area (Å²) in [6, 6.07) is 2.95. The van der Waals surface area contributed by atoms with Crippen molar-refractivity contribution in [2.45, 2.75) is 18.4 Å². The molecule has 1 fully saturated rings. The monoisotopic (exact) mass is 556 g/mol. The van der Waals surface area contributed by atoms with Crippen molar-refractivity contribution in [3.63, 3.8) is 0 Å². The van der Waals surface area contributed by atoms with Crippen molar-refractivity contribution < 1.29 is 9.53 Å². The zero-order valence-corrected chi connectivity index (χ0v) is 19.3. The van der Waals surface area contributed by atoms with E-state index in [1.54, 1.807) is 0 Å². The quantitative estimate of drug-likeness (QED) is 0.215. The summed E-state index contributed by atoms with van der Waals surface area (Å²) in [4.78, 5) is 12.5. The van der Waals surface area contributed by atoms with Gasteiger partial charge in [-0.15, -0.1) is 0 Å². The number of ether oxygens (including phenoxy) is 1. The number of alkyl halides is 2. The maximum Gasteiger partial charge on any atom is 0.313 e. The minimum absolute atomic E-state index is 0.00726. The average Bonchev–Trinajstić information content (AvgIpc) is 2.95. The van der Waals surface area contributed by atoms with Gasteiger partial charge in [-0.25, -0.2) is 0 Å². The van der Waals surface area contributed by atoms with E-state index >= 15 is 0 Å². The minimum Gasteiger partial charge on any atom is -0.424 e. The van der Waals surface area contributed by atoms with Crippen LogP contribution in [0.4, 0.5) is 0 Å². The summed E-state index contributed by atoms with van der Waals surface area (Å²) in [6.07, 6.45) is 1.89. The molecule has 0 aromatic heterocycles. The number of halogens is 7. The molecule has 1 aliphatic carbocycles. The zero-order valence-electron chi connectivity index (χ0n) is 12.3. The summed E-state index contributed by atoms with van der Waals surface area (Å²) in [5.41, 5.74) is -0.114. The largest absolute Gasteiger partial charge is 0.424 e. The summed E-state index contributed by atoms with van der Waals surface area (Å²) in [7, 11) is 0. The molecule has 0 amide bonds. The molecule has 2 rings (SSSR count). The third-order valence-electron chi connectivity index (χ3n) is 4.05. The van der Waals surface area contributed by atoms with Gasteiger partial charge in [0.1, 0.15) is 0 Å². The Hall–Kier alpha value is 0.840. The topological polar surface area (TPSA) is 26.3 Å². The van der Waals surface area contributed by atoms with E-state index < -0.39 is 10.5 Å². The predicted molar refractivity (Wildman–Crippen MR) is 108 cm³/mol. The lowest BCUT2D eigenvalue weighted by atomic mass is 10.1. The Morgan fingerprint density at radius 3 is 2.33 bits per heavy atom. The highest BCUT2D eigenvalue weighted by Gasteiger charge is 2.62. The van der Waals surface area contributed by atoms with E-state index in [0.29, 0.717) is 0 Å². The van der Waals surface area contributed by atoms with Crippen LogP contribution in [0.3, 0.4) is 0 Å². The predicted octanol–water partition coefficient (Wildman–Crippen LogP) is 7.68. The number of esters is 1. The van der Waals surface area contributed by atoms with Crippen LogP contribution in [-0.2, 0) is 14.1 Å². The van der Waals surface area contributed by atoms with Crippen LogP contribution in [0.1, 0.15) is 19.4 Å². The van der Waals surface area contributed by atoms with E-state index in [2.05, 4.69) is 31.9 Å². The summed E-state index contributed by atoms with van der Waals surface area (Å²) in [5, 5.41) is 0.376. The van der Waals surface area contributed by atoms with Gasteiger partial charge in [-0.3, -0.25) is 4.79 Å². The van der Waals surface area contributed by atoms with E-state index in [1.165, 1.54) is 12.1 Å². The van der Waals surface area contributed by atoms with Crippen LogP contribution in [0.5, 0.6) is 0 Å². The first-order valence-electron chi connectivity index (χ1n) is 6.67. The minimum atomic E-state index is -1.97. The molecule has 1 aromatic rings. The molecule has 132 valence electrons. The summed E-state index contributed by atoms with van der Waals surface area (Å²) >= 11 is 37.0. The molecule has 0 radical (unpaired) electrons. The lowest BCUT2D eigenvalue weighted by molar-refractivity contribution is -0.150. The first-order chi connectivity index (χ1) is 10.9. The van der Waals surface area contributed by atoms with Crippen molar-refractivity contribution in [3.05, 3.63) is 42.2 Å². The molecule has 2 unspecified atom stereocenters. The van der Waals surface area contributed by atoms with Gasteiger partial charge in [-0.05, 0) is 55.3 Å². The molecule has 0 heterocycles. The van der Waals surface area contributed by atoms with Crippen LogP contribution >= 0.6 is 89.9 Å². The van der Waals surface area contributed by atoms with Crippen LogP contribution in [0, 0.1) is 17.3 Å². The van der Waals surface area contributed by atoms with Crippen molar-refractivity contribution in [2.24, 2.45) is 17.3 Å². The number of benzene rings is 1. The highest BCUT2D eigenvalue weighted by Crippen LogP contribution is 2.61. The van der Waals surface area contributed by atoms with E-state index in [4.69, 9.17) is 62.7 Å². The second kappa shape index (κ2) is 7.46. The fourth-order valence-corrected chi connectivity index (χ4v) is 4.37. The Labute approximate surface area is 182 Å². The highest BCUT2D eigenvalue weighted by molar-refractivity contribution is 9.28. The van der Waals surface area contributed by atoms with E-state index in [1.807, 2.05) is 19.9 Å². The van der Waals surface area contributed by atoms with Crippen LogP contribution in [0.25, 0.3) is 0 Å². The van der Waals surface area contributed by atoms with Crippen molar-refractivity contribution in [1.82, 2.24) is 0 Å². The van der Waals surface area contributed by atoms with Crippen LogP contribution < -0.4 is 0 Å². The van der Waals surface area contributed by atoms with E-state index in [9.17, 15) is 4.79 Å². The molecule has 1 aliphatic rings. The second-order valence-corrected chi connectivity index (χ2v) is 11.1. The average molecular weight is 560 g/mol. The lowest BCUT2D eigenvalue weighted by Gasteiger charge is -2.22. The number of carbonyl (C=O) groups excluding carboxylic acids is 1. The fraction of sp³-hybridized carbons (Fsp3) is 0.400. The maximum atomic E-state index is 12.5. The smallest absolute Gasteiger partial charge is 0.313 e. The highest BCUT2D eigenvalue weighted by atomic mass is 79.9. The molecule has 0 bridgehead atoms. The number of allylic oxidation sites excluding steroid dienone is 1. The van der Waals surface area contributed by atoms with Crippen molar-refractivity contribution >= 4 is 95.8 Å². The van der Waals surface area contributed by atoms with E-state index in [0.717, 1.165) is 3.39 Å². The van der Waals surface area contributed by atoms with Gasteiger partial charge >= 0.3 is 5.97 Å². The summed E-state index contributed by atoms with van der Waals surface area (Å²) in [5.74, 6) is -0.900. The molecule has 0 saturated heterocycles. The van der Waals surface area contributed by atoms with Gasteiger partial charge in [0, 0.05) is 5.56 Å². The van der Waals surface area contributed by atoms with Gasteiger partial charge in [-0.2, -0.15) is 0 Å². The van der Waals surface area contributed by atoms with Gasteiger partial charge in [0.2, 0.25) is 0 Å². The van der Waals surface area contributed by atoms with Gasteiger partial charge in [0.05, 0.1) is 24.4 Å². The Bertz CT molecular complexity index is 714. The third-order valence-corrected chi connectivity index (χ3v) is 6.43. The standard InChI is InChI=1S/C15H11Br2Cl5O2/c1-14(2)7(5-9(16)17)10(14)13(23)24-15(21,22)6-3-4-8(18)12(20)11(6)19/h3-5,7,10H,1-2H3. The molecular formula is C15H11Br2Cl5O2. The molecule has 1 aromatic carbocycles. The molecule has 9 heteroatoms. The normalized spacial score (nSPS) is 22.0. The Balaban J connectivity index is 2.23. The molecule has 0 aliphatic heterocycles. The number of hydrogen-bond acceptors (Lipinski definition) is 2. The van der Waals surface area contributed by atoms with Crippen molar-refractivity contribution in [3.8, 4) is 0 Å². The number of hydrogen-bond donors (Lipinski definition) is 0. The Morgan fingerprint density at radius 2 is 1.79 bits per heavy atom. The first-order valence-corrected chi connectivity index (χ1v) is 10.1. The molecule has 0 spiro atoms. The molecule has 0 N–H and O–H groups in total. The van der Waals surface area contributed by atoms with Gasteiger partial charge in [0.25, 0.3) is 4.52 Å². The van der Waals surface area contributed by atoms with Gasteiger partial charge < -0.3 is 4.74 Å². The summed E-state index contributed by atoms with van der Waals surface area (Å²) < 4.78 is 4.11. The molecule has 1 saturated carbocycles. The molecular weight excluding hydrogens is 549 g/mol. The Morgan fingerprint density at radius 1 is 1.21 bits per heavy atom. The number of rotatable bonds is 4. The molecule has 2 nitrogen and oxygen atoms in total. The second-order valence-electron chi connectivity index (χ2n) is 5.94. The van der Waals surface area contributed by atoms with Crippen molar-refractivity contribution in [1.29, 1.82) is 0 Å². The fourth-order valence-electron chi connectivity index (χ4n) is 2.57.